The predicted molar refractivity (Wildman–Crippen MR) is 65.6 cm³/mol. The molecule has 0 aliphatic rings. The molecule has 0 radical (unpaired) electrons. The van der Waals surface area contributed by atoms with Gasteiger partial charge in [0.1, 0.15) is 5.76 Å². The Bertz CT molecular complexity index is 288. The van der Waals surface area contributed by atoms with Gasteiger partial charge in [-0.3, -0.25) is 4.79 Å². The van der Waals surface area contributed by atoms with Gasteiger partial charge in [-0.15, -0.1) is 12.4 Å². The Labute approximate surface area is 102 Å². The van der Waals surface area contributed by atoms with E-state index in [1.807, 2.05) is 13.0 Å². The van der Waals surface area contributed by atoms with Gasteiger partial charge in [-0.05, 0) is 32.0 Å². The molecule has 5 heteroatoms. The summed E-state index contributed by atoms with van der Waals surface area (Å²) in [6, 6.07) is 3.49. The summed E-state index contributed by atoms with van der Waals surface area (Å²) < 4.78 is 5.11. The molecule has 1 amide bonds. The molecule has 92 valence electrons. The van der Waals surface area contributed by atoms with Gasteiger partial charge in [-0.2, -0.15) is 0 Å². The summed E-state index contributed by atoms with van der Waals surface area (Å²) in [6.07, 6.45) is 2.62. The van der Waals surface area contributed by atoms with Crippen molar-refractivity contribution in [2.75, 3.05) is 6.54 Å². The minimum atomic E-state index is -0.153. The van der Waals surface area contributed by atoms with Crippen LogP contribution in [0.5, 0.6) is 0 Å². The number of hydrogen-bond acceptors (Lipinski definition) is 3. The van der Waals surface area contributed by atoms with Crippen LogP contribution in [0.25, 0.3) is 0 Å². The highest BCUT2D eigenvalue weighted by molar-refractivity contribution is 5.85. The minimum Gasteiger partial charge on any atom is -0.467 e. The van der Waals surface area contributed by atoms with Crippen molar-refractivity contribution in [2.24, 2.45) is 0 Å². The molecule has 0 aromatic carbocycles. The van der Waals surface area contributed by atoms with E-state index in [0.29, 0.717) is 6.54 Å². The molecule has 1 heterocycles. The summed E-state index contributed by atoms with van der Waals surface area (Å²) in [4.78, 5) is 11.5. The third kappa shape index (κ3) is 5.19. The van der Waals surface area contributed by atoms with Gasteiger partial charge in [-0.1, -0.05) is 6.92 Å². The second-order valence-corrected chi connectivity index (χ2v) is 3.47. The average molecular weight is 247 g/mol. The zero-order valence-electron chi connectivity index (χ0n) is 9.66. The largest absolute Gasteiger partial charge is 0.467 e. The first-order chi connectivity index (χ1) is 7.24. The van der Waals surface area contributed by atoms with Crippen molar-refractivity contribution >= 4 is 18.3 Å². The summed E-state index contributed by atoms with van der Waals surface area (Å²) in [5, 5.41) is 5.92. The summed E-state index contributed by atoms with van der Waals surface area (Å²) in [6.45, 7) is 5.23. The summed E-state index contributed by atoms with van der Waals surface area (Å²) in [5.41, 5.74) is 0. The quantitative estimate of drug-likeness (QED) is 0.804. The molecular weight excluding hydrogens is 228 g/mol. The van der Waals surface area contributed by atoms with Gasteiger partial charge in [0.25, 0.3) is 0 Å². The third-order valence-corrected chi connectivity index (χ3v) is 2.11. The molecule has 0 spiro atoms. The van der Waals surface area contributed by atoms with Crippen LogP contribution < -0.4 is 10.6 Å². The molecule has 0 bridgehead atoms. The summed E-state index contributed by atoms with van der Waals surface area (Å²) >= 11 is 0. The minimum absolute atomic E-state index is 0. The third-order valence-electron chi connectivity index (χ3n) is 2.11. The fourth-order valence-corrected chi connectivity index (χ4v) is 1.19. The van der Waals surface area contributed by atoms with Crippen LogP contribution in [0.1, 0.15) is 26.0 Å². The lowest BCUT2D eigenvalue weighted by atomic mass is 10.3. The van der Waals surface area contributed by atoms with E-state index in [1.54, 1.807) is 12.3 Å². The van der Waals surface area contributed by atoms with E-state index in [9.17, 15) is 4.79 Å². The molecule has 1 atom stereocenters. The predicted octanol–water partition coefficient (Wildman–Crippen LogP) is 1.71. The zero-order valence-corrected chi connectivity index (χ0v) is 10.5. The molecule has 0 saturated carbocycles. The standard InChI is InChI=1S/C11H18N2O2.ClH/c1-3-6-12-9(2)11(14)13-8-10-5-4-7-15-10;/h4-5,7,9,12H,3,6,8H2,1-2H3,(H,13,14);1H. The van der Waals surface area contributed by atoms with Crippen LogP contribution >= 0.6 is 12.4 Å². The number of halogens is 1. The summed E-state index contributed by atoms with van der Waals surface area (Å²) in [5.74, 6) is 0.769. The van der Waals surface area contributed by atoms with E-state index in [4.69, 9.17) is 4.42 Å². The Morgan fingerprint density at radius 2 is 2.31 bits per heavy atom. The van der Waals surface area contributed by atoms with Crippen LogP contribution in [-0.4, -0.2) is 18.5 Å². The Morgan fingerprint density at radius 3 is 2.88 bits per heavy atom. The number of furan rings is 1. The molecule has 1 rings (SSSR count). The van der Waals surface area contributed by atoms with Gasteiger partial charge in [0.05, 0.1) is 18.8 Å². The number of rotatable bonds is 6. The van der Waals surface area contributed by atoms with E-state index in [0.717, 1.165) is 18.7 Å². The highest BCUT2D eigenvalue weighted by Crippen LogP contribution is 1.98. The van der Waals surface area contributed by atoms with Crippen LogP contribution in [0, 0.1) is 0 Å². The fourth-order valence-electron chi connectivity index (χ4n) is 1.19. The maximum Gasteiger partial charge on any atom is 0.237 e. The molecule has 4 nitrogen and oxygen atoms in total. The van der Waals surface area contributed by atoms with Crippen molar-refractivity contribution in [2.45, 2.75) is 32.9 Å². The van der Waals surface area contributed by atoms with Crippen molar-refractivity contribution in [3.8, 4) is 0 Å². The van der Waals surface area contributed by atoms with E-state index in [1.165, 1.54) is 0 Å². The maximum atomic E-state index is 11.5. The molecule has 1 aromatic rings. The van der Waals surface area contributed by atoms with E-state index in [-0.39, 0.29) is 24.4 Å². The van der Waals surface area contributed by atoms with Crippen molar-refractivity contribution < 1.29 is 9.21 Å². The molecule has 0 fully saturated rings. The van der Waals surface area contributed by atoms with E-state index < -0.39 is 0 Å². The van der Waals surface area contributed by atoms with Gasteiger partial charge in [0, 0.05) is 0 Å². The Balaban J connectivity index is 0.00000225. The van der Waals surface area contributed by atoms with Gasteiger partial charge in [0.15, 0.2) is 0 Å². The first kappa shape index (κ1) is 15.0. The van der Waals surface area contributed by atoms with Gasteiger partial charge in [-0.25, -0.2) is 0 Å². The number of carbonyl (C=O) groups is 1. The Hall–Kier alpha value is -1.00. The topological polar surface area (TPSA) is 54.3 Å². The molecule has 2 N–H and O–H groups in total. The van der Waals surface area contributed by atoms with E-state index >= 15 is 0 Å². The van der Waals surface area contributed by atoms with Gasteiger partial charge >= 0.3 is 0 Å². The number of carbonyl (C=O) groups excluding carboxylic acids is 1. The SMILES string of the molecule is CCCNC(C)C(=O)NCc1ccco1.Cl. The lowest BCUT2D eigenvalue weighted by molar-refractivity contribution is -0.123. The molecule has 1 aromatic heterocycles. The molecular formula is C11H19ClN2O2. The molecule has 1 unspecified atom stereocenters. The van der Waals surface area contributed by atoms with Crippen LogP contribution in [0.4, 0.5) is 0 Å². The van der Waals surface area contributed by atoms with Gasteiger partial charge < -0.3 is 15.1 Å². The van der Waals surface area contributed by atoms with Crippen molar-refractivity contribution in [3.63, 3.8) is 0 Å². The highest BCUT2D eigenvalue weighted by atomic mass is 35.5. The monoisotopic (exact) mass is 246 g/mol. The Kier molecular flexibility index (Phi) is 7.68. The van der Waals surface area contributed by atoms with Crippen LogP contribution in [0.2, 0.25) is 0 Å². The number of nitrogens with one attached hydrogen (secondary N) is 2. The average Bonchev–Trinajstić information content (AvgIpc) is 2.75. The number of amides is 1. The van der Waals surface area contributed by atoms with Crippen molar-refractivity contribution in [3.05, 3.63) is 24.2 Å². The second kappa shape index (κ2) is 8.19. The molecule has 16 heavy (non-hydrogen) atoms. The normalized spacial score (nSPS) is 11.6. The molecule has 0 saturated heterocycles. The number of hydrogen-bond donors (Lipinski definition) is 2. The first-order valence-corrected chi connectivity index (χ1v) is 5.27. The molecule has 0 aliphatic carbocycles. The first-order valence-electron chi connectivity index (χ1n) is 5.27. The Morgan fingerprint density at radius 1 is 1.56 bits per heavy atom. The lowest BCUT2D eigenvalue weighted by Crippen LogP contribution is -2.42. The highest BCUT2D eigenvalue weighted by Gasteiger charge is 2.10. The summed E-state index contributed by atoms with van der Waals surface area (Å²) in [7, 11) is 0. The van der Waals surface area contributed by atoms with Crippen LogP contribution in [0.15, 0.2) is 22.8 Å². The fraction of sp³-hybridized carbons (Fsp3) is 0.545. The van der Waals surface area contributed by atoms with Crippen molar-refractivity contribution in [1.82, 2.24) is 10.6 Å². The van der Waals surface area contributed by atoms with E-state index in [2.05, 4.69) is 17.6 Å². The molecule has 0 aliphatic heterocycles. The van der Waals surface area contributed by atoms with Gasteiger partial charge in [0.2, 0.25) is 5.91 Å². The zero-order chi connectivity index (χ0) is 11.1. The lowest BCUT2D eigenvalue weighted by Gasteiger charge is -2.12. The maximum absolute atomic E-state index is 11.5. The van der Waals surface area contributed by atoms with Crippen molar-refractivity contribution in [1.29, 1.82) is 0 Å². The smallest absolute Gasteiger partial charge is 0.237 e. The van der Waals surface area contributed by atoms with Crippen LogP contribution in [-0.2, 0) is 11.3 Å². The second-order valence-electron chi connectivity index (χ2n) is 3.47. The van der Waals surface area contributed by atoms with Crippen LogP contribution in [0.3, 0.4) is 0 Å².